The van der Waals surface area contributed by atoms with Crippen molar-refractivity contribution in [2.45, 2.75) is 38.7 Å². The van der Waals surface area contributed by atoms with Crippen LogP contribution in [0.3, 0.4) is 0 Å². The van der Waals surface area contributed by atoms with E-state index in [1.807, 2.05) is 13.0 Å². The number of amides is 1. The third-order valence-electron chi connectivity index (χ3n) is 3.68. The van der Waals surface area contributed by atoms with Crippen molar-refractivity contribution in [3.63, 3.8) is 0 Å². The molecule has 1 heterocycles. The zero-order chi connectivity index (χ0) is 14.5. The molecule has 1 aromatic carbocycles. The quantitative estimate of drug-likeness (QED) is 0.465. The minimum Gasteiger partial charge on any atom is -0.506 e. The van der Waals surface area contributed by atoms with Crippen LogP contribution >= 0.6 is 0 Å². The Morgan fingerprint density at radius 3 is 2.95 bits per heavy atom. The van der Waals surface area contributed by atoms with Gasteiger partial charge >= 0.3 is 0 Å². The molecule has 4 N–H and O–H groups in total. The summed E-state index contributed by atoms with van der Waals surface area (Å²) in [5.41, 5.74) is 2.73. The Labute approximate surface area is 119 Å². The normalized spacial score (nSPS) is 15.6. The van der Waals surface area contributed by atoms with Gasteiger partial charge in [0.25, 0.3) is 0 Å². The molecule has 1 aliphatic rings. The van der Waals surface area contributed by atoms with Crippen molar-refractivity contribution in [2.75, 3.05) is 18.4 Å². The average molecular weight is 278 g/mol. The highest BCUT2D eigenvalue weighted by Crippen LogP contribution is 2.34. The zero-order valence-corrected chi connectivity index (χ0v) is 11.8. The minimum absolute atomic E-state index is 0.0471. The third-order valence-corrected chi connectivity index (χ3v) is 3.68. The Hall–Kier alpha value is -1.59. The Bertz CT molecular complexity index is 488. The Kier molecular flexibility index (Phi) is 4.98. The molecule has 1 amide bonds. The molecule has 0 aromatic heterocycles. The number of aliphatic hydroxyl groups is 1. The van der Waals surface area contributed by atoms with Gasteiger partial charge in [0.05, 0.1) is 11.8 Å². The number of phenols is 1. The van der Waals surface area contributed by atoms with Gasteiger partial charge in [-0.25, -0.2) is 0 Å². The second kappa shape index (κ2) is 6.72. The first-order valence-electron chi connectivity index (χ1n) is 7.14. The number of benzene rings is 1. The fourth-order valence-electron chi connectivity index (χ4n) is 2.41. The van der Waals surface area contributed by atoms with Crippen molar-refractivity contribution in [1.29, 1.82) is 0 Å². The molecule has 0 aliphatic carbocycles. The molecule has 5 heteroatoms. The number of carbonyl (C=O) groups is 1. The number of anilines is 1. The van der Waals surface area contributed by atoms with Gasteiger partial charge in [0, 0.05) is 13.0 Å². The van der Waals surface area contributed by atoms with E-state index in [9.17, 15) is 15.0 Å². The number of carbonyl (C=O) groups excluding carboxylic acids is 1. The number of rotatable bonds is 6. The van der Waals surface area contributed by atoms with E-state index < -0.39 is 0 Å². The molecule has 0 radical (unpaired) electrons. The summed E-state index contributed by atoms with van der Waals surface area (Å²) in [7, 11) is 0. The van der Waals surface area contributed by atoms with Crippen LogP contribution in [-0.2, 0) is 17.6 Å². The van der Waals surface area contributed by atoms with E-state index in [0.717, 1.165) is 30.5 Å². The van der Waals surface area contributed by atoms with Gasteiger partial charge in [0.15, 0.2) is 0 Å². The Morgan fingerprint density at radius 2 is 2.20 bits per heavy atom. The van der Waals surface area contributed by atoms with Gasteiger partial charge in [-0.05, 0) is 43.0 Å². The lowest BCUT2D eigenvalue weighted by Crippen LogP contribution is -2.28. The van der Waals surface area contributed by atoms with E-state index in [0.29, 0.717) is 25.1 Å². The fourth-order valence-corrected chi connectivity index (χ4v) is 2.41. The smallest absolute Gasteiger partial charge is 0.224 e. The van der Waals surface area contributed by atoms with Crippen LogP contribution in [0.15, 0.2) is 12.1 Å². The van der Waals surface area contributed by atoms with Gasteiger partial charge in [-0.15, -0.1) is 0 Å². The summed E-state index contributed by atoms with van der Waals surface area (Å²) in [6.45, 7) is 3.31. The lowest BCUT2D eigenvalue weighted by Gasteiger charge is -2.21. The maximum Gasteiger partial charge on any atom is 0.224 e. The predicted molar refractivity (Wildman–Crippen MR) is 77.9 cm³/mol. The molecule has 2 rings (SSSR count). The first-order valence-corrected chi connectivity index (χ1v) is 7.14. The Morgan fingerprint density at radius 1 is 1.40 bits per heavy atom. The van der Waals surface area contributed by atoms with Crippen molar-refractivity contribution in [1.82, 2.24) is 5.32 Å². The fraction of sp³-hybridized carbons (Fsp3) is 0.533. The molecule has 0 saturated heterocycles. The van der Waals surface area contributed by atoms with Crippen LogP contribution < -0.4 is 10.6 Å². The van der Waals surface area contributed by atoms with Crippen LogP contribution in [0.4, 0.5) is 5.69 Å². The first-order chi connectivity index (χ1) is 9.61. The lowest BCUT2D eigenvalue weighted by molar-refractivity contribution is -0.116. The van der Waals surface area contributed by atoms with Gasteiger partial charge in [-0.3, -0.25) is 4.79 Å². The largest absolute Gasteiger partial charge is 0.506 e. The van der Waals surface area contributed by atoms with Gasteiger partial charge < -0.3 is 20.8 Å². The van der Waals surface area contributed by atoms with Crippen molar-refractivity contribution in [2.24, 2.45) is 0 Å². The lowest BCUT2D eigenvalue weighted by atomic mass is 9.95. The van der Waals surface area contributed by atoms with E-state index in [2.05, 4.69) is 10.6 Å². The summed E-state index contributed by atoms with van der Waals surface area (Å²) in [5, 5.41) is 25.2. The van der Waals surface area contributed by atoms with Gasteiger partial charge in [-0.2, -0.15) is 0 Å². The molecule has 1 aliphatic heterocycles. The van der Waals surface area contributed by atoms with Crippen molar-refractivity contribution in [3.8, 4) is 5.75 Å². The molecule has 5 nitrogen and oxygen atoms in total. The van der Waals surface area contributed by atoms with Crippen LogP contribution in [-0.4, -0.2) is 35.3 Å². The van der Waals surface area contributed by atoms with Crippen LogP contribution in [0, 0.1) is 0 Å². The second-order valence-electron chi connectivity index (χ2n) is 5.16. The zero-order valence-electron chi connectivity index (χ0n) is 11.8. The minimum atomic E-state index is -0.303. The summed E-state index contributed by atoms with van der Waals surface area (Å²) < 4.78 is 0. The maximum atomic E-state index is 11.4. The van der Waals surface area contributed by atoms with E-state index in [-0.39, 0.29) is 17.8 Å². The molecular formula is C15H22N2O3. The van der Waals surface area contributed by atoms with Gasteiger partial charge in [-0.1, -0.05) is 13.0 Å². The number of phenolic OH excluding ortho intramolecular Hbond substituents is 1. The second-order valence-corrected chi connectivity index (χ2v) is 5.16. The number of aromatic hydroxyl groups is 1. The van der Waals surface area contributed by atoms with Crippen LogP contribution in [0.2, 0.25) is 0 Å². The van der Waals surface area contributed by atoms with Gasteiger partial charge in [0.1, 0.15) is 5.75 Å². The summed E-state index contributed by atoms with van der Waals surface area (Å²) in [4.78, 5) is 11.4. The molecule has 0 fully saturated rings. The highest BCUT2D eigenvalue weighted by Gasteiger charge is 2.20. The van der Waals surface area contributed by atoms with Crippen LogP contribution in [0.1, 0.15) is 30.9 Å². The maximum absolute atomic E-state index is 11.4. The number of hydrogen-bond acceptors (Lipinski definition) is 4. The monoisotopic (exact) mass is 278 g/mol. The first kappa shape index (κ1) is 14.8. The third kappa shape index (κ3) is 3.49. The molecule has 20 heavy (non-hydrogen) atoms. The molecule has 0 bridgehead atoms. The molecular weight excluding hydrogens is 256 g/mol. The average Bonchev–Trinajstić information content (AvgIpc) is 2.45. The predicted octanol–water partition coefficient (Wildman–Crippen LogP) is 1.18. The van der Waals surface area contributed by atoms with Crippen molar-refractivity contribution >= 4 is 11.6 Å². The molecule has 110 valence electrons. The Balaban J connectivity index is 1.99. The van der Waals surface area contributed by atoms with Crippen molar-refractivity contribution < 1.29 is 15.0 Å². The number of nitrogens with one attached hydrogen (secondary N) is 2. The summed E-state index contributed by atoms with van der Waals surface area (Å²) in [6.07, 6.45) is 2.39. The molecule has 0 spiro atoms. The summed E-state index contributed by atoms with van der Waals surface area (Å²) >= 11 is 0. The van der Waals surface area contributed by atoms with E-state index in [4.69, 9.17) is 0 Å². The number of fused-ring (bicyclic) bond motifs is 1. The molecule has 1 unspecified atom stereocenters. The van der Waals surface area contributed by atoms with Gasteiger partial charge in [0.2, 0.25) is 5.91 Å². The molecule has 1 atom stereocenters. The SMILES string of the molecule is CCC(O)CNCCc1ccc(O)c2c1CCC(=O)N2. The van der Waals surface area contributed by atoms with Crippen molar-refractivity contribution in [3.05, 3.63) is 23.3 Å². The molecule has 0 saturated carbocycles. The summed E-state index contributed by atoms with van der Waals surface area (Å²) in [5.74, 6) is 0.0836. The standard InChI is InChI=1S/C15H22N2O3/c1-2-11(18)9-16-8-7-10-3-5-13(19)15-12(10)4-6-14(20)17-15/h3,5,11,16,18-19H,2,4,6-9H2,1H3,(H,17,20). The van der Waals surface area contributed by atoms with Crippen LogP contribution in [0.5, 0.6) is 5.75 Å². The van der Waals surface area contributed by atoms with E-state index in [1.165, 1.54) is 0 Å². The van der Waals surface area contributed by atoms with E-state index >= 15 is 0 Å². The number of hydrogen-bond donors (Lipinski definition) is 4. The summed E-state index contributed by atoms with van der Waals surface area (Å²) in [6, 6.07) is 3.53. The highest BCUT2D eigenvalue weighted by atomic mass is 16.3. The molecule has 1 aromatic rings. The topological polar surface area (TPSA) is 81.6 Å². The highest BCUT2D eigenvalue weighted by molar-refractivity contribution is 5.95. The van der Waals surface area contributed by atoms with Crippen LogP contribution in [0.25, 0.3) is 0 Å². The number of aliphatic hydroxyl groups excluding tert-OH is 1. The van der Waals surface area contributed by atoms with E-state index in [1.54, 1.807) is 6.07 Å².